The zero-order valence-electron chi connectivity index (χ0n) is 15.7. The number of carbonyl (C=O) groups is 1. The quantitative estimate of drug-likeness (QED) is 0.719. The van der Waals surface area contributed by atoms with Crippen LogP contribution in [-0.2, 0) is 14.6 Å². The van der Waals surface area contributed by atoms with Crippen LogP contribution in [0.15, 0.2) is 18.2 Å². The number of hydrogen-bond donors (Lipinski definition) is 0. The van der Waals surface area contributed by atoms with Crippen molar-refractivity contribution in [3.05, 3.63) is 29.3 Å². The van der Waals surface area contributed by atoms with Gasteiger partial charge in [-0.05, 0) is 42.5 Å². The highest BCUT2D eigenvalue weighted by atomic mass is 32.2. The third-order valence-corrected chi connectivity index (χ3v) is 6.22. The van der Waals surface area contributed by atoms with E-state index in [0.717, 1.165) is 5.56 Å². The molecular formula is C18H28N2O4S. The third-order valence-electron chi connectivity index (χ3n) is 4.47. The maximum Gasteiger partial charge on any atom is 0.275 e. The smallest absolute Gasteiger partial charge is 0.275 e. The molecule has 140 valence electrons. The van der Waals surface area contributed by atoms with Crippen molar-refractivity contribution < 1.29 is 17.9 Å². The summed E-state index contributed by atoms with van der Waals surface area (Å²) >= 11 is 0. The fourth-order valence-corrected chi connectivity index (χ4v) is 5.01. The minimum atomic E-state index is -3.05. The van der Waals surface area contributed by atoms with E-state index in [1.165, 1.54) is 10.6 Å². The lowest BCUT2D eigenvalue weighted by Gasteiger charge is -2.33. The SMILES string of the molecule is Cc1cc(OCC(=O)N(C2CCS(=O)(=O)C2)N(C)C)ccc1C(C)C. The van der Waals surface area contributed by atoms with Gasteiger partial charge in [-0.2, -0.15) is 0 Å². The molecule has 0 spiro atoms. The molecule has 1 unspecified atom stereocenters. The van der Waals surface area contributed by atoms with Gasteiger partial charge in [0.2, 0.25) is 0 Å². The molecule has 1 aromatic rings. The fraction of sp³-hybridized carbons (Fsp3) is 0.611. The van der Waals surface area contributed by atoms with E-state index in [1.807, 2.05) is 25.1 Å². The van der Waals surface area contributed by atoms with E-state index in [2.05, 4.69) is 13.8 Å². The topological polar surface area (TPSA) is 66.9 Å². The molecule has 1 aliphatic heterocycles. The van der Waals surface area contributed by atoms with Crippen LogP contribution in [0.1, 0.15) is 37.3 Å². The van der Waals surface area contributed by atoms with Crippen molar-refractivity contribution in [1.82, 2.24) is 10.0 Å². The highest BCUT2D eigenvalue weighted by Gasteiger charge is 2.36. The highest BCUT2D eigenvalue weighted by Crippen LogP contribution is 2.24. The maximum atomic E-state index is 12.6. The minimum absolute atomic E-state index is 0.0130. The first kappa shape index (κ1) is 19.7. The zero-order valence-corrected chi connectivity index (χ0v) is 16.5. The van der Waals surface area contributed by atoms with Gasteiger partial charge in [0.25, 0.3) is 5.91 Å². The lowest BCUT2D eigenvalue weighted by atomic mass is 9.98. The molecule has 6 nitrogen and oxygen atoms in total. The van der Waals surface area contributed by atoms with Crippen LogP contribution in [0.4, 0.5) is 0 Å². The van der Waals surface area contributed by atoms with E-state index in [-0.39, 0.29) is 30.1 Å². The molecular weight excluding hydrogens is 340 g/mol. The number of benzene rings is 1. The first-order chi connectivity index (χ1) is 11.6. The highest BCUT2D eigenvalue weighted by molar-refractivity contribution is 7.91. The number of rotatable bonds is 6. The Morgan fingerprint density at radius 3 is 2.48 bits per heavy atom. The maximum absolute atomic E-state index is 12.6. The average molecular weight is 368 g/mol. The minimum Gasteiger partial charge on any atom is -0.484 e. The Hall–Kier alpha value is -1.60. The van der Waals surface area contributed by atoms with Crippen molar-refractivity contribution in [3.8, 4) is 5.75 Å². The van der Waals surface area contributed by atoms with Crippen LogP contribution in [0.3, 0.4) is 0 Å². The van der Waals surface area contributed by atoms with Crippen LogP contribution in [0.25, 0.3) is 0 Å². The Morgan fingerprint density at radius 2 is 2.00 bits per heavy atom. The first-order valence-corrected chi connectivity index (χ1v) is 10.4. The Labute approximate surface area is 150 Å². The van der Waals surface area contributed by atoms with E-state index in [0.29, 0.717) is 18.1 Å². The van der Waals surface area contributed by atoms with Crippen LogP contribution in [-0.4, -0.2) is 62.6 Å². The summed E-state index contributed by atoms with van der Waals surface area (Å²) in [6.07, 6.45) is 0.467. The van der Waals surface area contributed by atoms with Crippen molar-refractivity contribution >= 4 is 15.7 Å². The summed E-state index contributed by atoms with van der Waals surface area (Å²) in [6.45, 7) is 6.18. The molecule has 1 atom stereocenters. The second-order valence-electron chi connectivity index (χ2n) is 7.10. The van der Waals surface area contributed by atoms with Crippen molar-refractivity contribution in [3.63, 3.8) is 0 Å². The van der Waals surface area contributed by atoms with Crippen LogP contribution in [0.2, 0.25) is 0 Å². The first-order valence-electron chi connectivity index (χ1n) is 8.54. The van der Waals surface area contributed by atoms with E-state index in [9.17, 15) is 13.2 Å². The van der Waals surface area contributed by atoms with Gasteiger partial charge in [0, 0.05) is 14.1 Å². The molecule has 0 aliphatic carbocycles. The molecule has 1 heterocycles. The van der Waals surface area contributed by atoms with Gasteiger partial charge < -0.3 is 4.74 Å². The van der Waals surface area contributed by atoms with Crippen molar-refractivity contribution in [1.29, 1.82) is 0 Å². The number of sulfone groups is 1. The second-order valence-corrected chi connectivity index (χ2v) is 9.33. The predicted molar refractivity (Wildman–Crippen MR) is 98.4 cm³/mol. The standard InChI is InChI=1S/C18H28N2O4S/c1-13(2)17-7-6-16(10-14(17)3)24-11-18(21)20(19(4)5)15-8-9-25(22,23)12-15/h6-7,10,13,15H,8-9,11-12H2,1-5H3. The van der Waals surface area contributed by atoms with E-state index < -0.39 is 9.84 Å². The van der Waals surface area contributed by atoms with Crippen LogP contribution >= 0.6 is 0 Å². The van der Waals surface area contributed by atoms with Gasteiger partial charge in [0.1, 0.15) is 5.75 Å². The van der Waals surface area contributed by atoms with Gasteiger partial charge in [-0.3, -0.25) is 9.80 Å². The summed E-state index contributed by atoms with van der Waals surface area (Å²) in [7, 11) is 0.426. The molecule has 0 saturated carbocycles. The zero-order chi connectivity index (χ0) is 18.8. The molecule has 25 heavy (non-hydrogen) atoms. The summed E-state index contributed by atoms with van der Waals surface area (Å²) in [5, 5.41) is 3.14. The van der Waals surface area contributed by atoms with Crippen molar-refractivity contribution in [2.45, 2.75) is 39.2 Å². The summed E-state index contributed by atoms with van der Waals surface area (Å²) in [4.78, 5) is 12.6. The van der Waals surface area contributed by atoms with Crippen LogP contribution in [0.5, 0.6) is 5.75 Å². The Balaban J connectivity index is 2.03. The Morgan fingerprint density at radius 1 is 1.32 bits per heavy atom. The monoisotopic (exact) mass is 368 g/mol. The van der Waals surface area contributed by atoms with E-state index in [4.69, 9.17) is 4.74 Å². The molecule has 0 radical (unpaired) electrons. The molecule has 1 aromatic carbocycles. The van der Waals surface area contributed by atoms with Gasteiger partial charge in [0.05, 0.1) is 17.5 Å². The summed E-state index contributed by atoms with van der Waals surface area (Å²) in [5.41, 5.74) is 2.39. The molecule has 0 N–H and O–H groups in total. The van der Waals surface area contributed by atoms with E-state index in [1.54, 1.807) is 19.1 Å². The predicted octanol–water partition coefficient (Wildman–Crippen LogP) is 1.99. The summed E-state index contributed by atoms with van der Waals surface area (Å²) in [5.74, 6) is 0.986. The fourth-order valence-electron chi connectivity index (χ4n) is 3.32. The lowest BCUT2D eigenvalue weighted by Crippen LogP contribution is -2.51. The molecule has 2 rings (SSSR count). The molecule has 7 heteroatoms. The second kappa shape index (κ2) is 7.74. The number of ether oxygens (including phenoxy) is 1. The normalized spacial score (nSPS) is 19.4. The van der Waals surface area contributed by atoms with Gasteiger partial charge in [0.15, 0.2) is 16.4 Å². The van der Waals surface area contributed by atoms with Crippen molar-refractivity contribution in [2.75, 3.05) is 32.2 Å². The summed E-state index contributed by atoms with van der Waals surface area (Å²) < 4.78 is 29.1. The summed E-state index contributed by atoms with van der Waals surface area (Å²) in [6, 6.07) is 5.51. The number of aryl methyl sites for hydroxylation is 1. The molecule has 0 bridgehead atoms. The molecule has 1 aliphatic rings. The third kappa shape index (κ3) is 4.95. The Kier molecular flexibility index (Phi) is 6.11. The van der Waals surface area contributed by atoms with E-state index >= 15 is 0 Å². The number of hydrazine groups is 1. The Bertz CT molecular complexity index is 729. The molecule has 1 amide bonds. The van der Waals surface area contributed by atoms with Gasteiger partial charge in [-0.25, -0.2) is 13.4 Å². The lowest BCUT2D eigenvalue weighted by molar-refractivity contribution is -0.151. The van der Waals surface area contributed by atoms with Gasteiger partial charge in [-0.15, -0.1) is 0 Å². The molecule has 0 aromatic heterocycles. The van der Waals surface area contributed by atoms with Crippen molar-refractivity contribution in [2.24, 2.45) is 0 Å². The average Bonchev–Trinajstić information content (AvgIpc) is 2.84. The van der Waals surface area contributed by atoms with Crippen LogP contribution in [0, 0.1) is 6.92 Å². The molecule has 1 saturated heterocycles. The number of carbonyl (C=O) groups excluding carboxylic acids is 1. The van der Waals surface area contributed by atoms with Gasteiger partial charge in [-0.1, -0.05) is 19.9 Å². The molecule has 1 fully saturated rings. The largest absolute Gasteiger partial charge is 0.484 e. The number of amides is 1. The number of hydrogen-bond acceptors (Lipinski definition) is 5. The van der Waals surface area contributed by atoms with Gasteiger partial charge >= 0.3 is 0 Å². The van der Waals surface area contributed by atoms with Crippen LogP contribution < -0.4 is 4.74 Å². The number of nitrogens with zero attached hydrogens (tertiary/aromatic N) is 2.